The molecule has 1 saturated heterocycles. The van der Waals surface area contributed by atoms with Crippen LogP contribution >= 0.6 is 11.3 Å². The fourth-order valence-corrected chi connectivity index (χ4v) is 3.87. The summed E-state index contributed by atoms with van der Waals surface area (Å²) in [6, 6.07) is -1.25. The van der Waals surface area contributed by atoms with Crippen molar-refractivity contribution in [2.45, 2.75) is 12.1 Å². The SMILES string of the molecule is O=C(O)[C@@H]1c2sccc2[C@H]2CN1C(=O)N2OS(=O)(=O)O. The minimum absolute atomic E-state index is 0.0188. The average molecular weight is 320 g/mol. The number of carboxylic acids is 1. The van der Waals surface area contributed by atoms with Crippen molar-refractivity contribution in [2.24, 2.45) is 0 Å². The van der Waals surface area contributed by atoms with Gasteiger partial charge in [-0.3, -0.25) is 4.55 Å². The Morgan fingerprint density at radius 3 is 2.80 bits per heavy atom. The summed E-state index contributed by atoms with van der Waals surface area (Å²) in [5.74, 6) is -1.21. The van der Waals surface area contributed by atoms with Crippen LogP contribution in [-0.4, -0.2) is 46.6 Å². The molecule has 2 aliphatic rings. The van der Waals surface area contributed by atoms with Crippen LogP contribution in [0.25, 0.3) is 0 Å². The zero-order valence-electron chi connectivity index (χ0n) is 9.66. The highest BCUT2D eigenvalue weighted by Crippen LogP contribution is 2.46. The Bertz CT molecular complexity index is 697. The van der Waals surface area contributed by atoms with Crippen molar-refractivity contribution < 1.29 is 31.9 Å². The topological polar surface area (TPSA) is 124 Å². The van der Waals surface area contributed by atoms with Gasteiger partial charge in [0.25, 0.3) is 0 Å². The van der Waals surface area contributed by atoms with E-state index in [-0.39, 0.29) is 6.54 Å². The molecule has 9 nitrogen and oxygen atoms in total. The molecule has 1 fully saturated rings. The molecule has 0 aromatic carbocycles. The van der Waals surface area contributed by atoms with Gasteiger partial charge in [0.2, 0.25) is 0 Å². The molecule has 2 bridgehead atoms. The smallest absolute Gasteiger partial charge is 0.418 e. The quantitative estimate of drug-likeness (QED) is 0.772. The predicted molar refractivity (Wildman–Crippen MR) is 64.0 cm³/mol. The van der Waals surface area contributed by atoms with Gasteiger partial charge in [0.15, 0.2) is 6.04 Å². The van der Waals surface area contributed by atoms with Crippen LogP contribution in [-0.2, 0) is 19.5 Å². The monoisotopic (exact) mass is 320 g/mol. The zero-order valence-corrected chi connectivity index (χ0v) is 11.3. The molecule has 0 spiro atoms. The van der Waals surface area contributed by atoms with Crippen LogP contribution in [0.4, 0.5) is 4.79 Å². The van der Waals surface area contributed by atoms with E-state index in [1.807, 2.05) is 0 Å². The van der Waals surface area contributed by atoms with E-state index in [2.05, 4.69) is 4.28 Å². The third kappa shape index (κ3) is 1.86. The number of urea groups is 1. The van der Waals surface area contributed by atoms with Gasteiger partial charge in [0.05, 0.1) is 6.54 Å². The first-order valence-electron chi connectivity index (χ1n) is 5.36. The maximum absolute atomic E-state index is 12.0. The summed E-state index contributed by atoms with van der Waals surface area (Å²) in [4.78, 5) is 24.8. The van der Waals surface area contributed by atoms with Crippen molar-refractivity contribution in [1.29, 1.82) is 0 Å². The normalized spacial score (nSPS) is 24.9. The van der Waals surface area contributed by atoms with Gasteiger partial charge in [-0.2, -0.15) is 13.5 Å². The minimum Gasteiger partial charge on any atom is -0.479 e. The van der Waals surface area contributed by atoms with Gasteiger partial charge in [-0.15, -0.1) is 15.6 Å². The summed E-state index contributed by atoms with van der Waals surface area (Å²) in [7, 11) is -4.87. The molecule has 3 rings (SSSR count). The van der Waals surface area contributed by atoms with E-state index >= 15 is 0 Å². The van der Waals surface area contributed by atoms with Gasteiger partial charge in [-0.05, 0) is 17.0 Å². The van der Waals surface area contributed by atoms with Crippen molar-refractivity contribution in [3.05, 3.63) is 21.9 Å². The third-order valence-electron chi connectivity index (χ3n) is 3.14. The van der Waals surface area contributed by atoms with Gasteiger partial charge in [-0.1, -0.05) is 0 Å². The number of carbonyl (C=O) groups is 2. The molecule has 3 heterocycles. The van der Waals surface area contributed by atoms with Crippen LogP contribution in [0.15, 0.2) is 11.4 Å². The Balaban J connectivity index is 2.07. The third-order valence-corrected chi connectivity index (χ3v) is 4.48. The average Bonchev–Trinajstić information content (AvgIpc) is 2.88. The van der Waals surface area contributed by atoms with Crippen molar-refractivity contribution in [2.75, 3.05) is 6.54 Å². The van der Waals surface area contributed by atoms with Crippen molar-refractivity contribution in [3.8, 4) is 0 Å². The van der Waals surface area contributed by atoms with Gasteiger partial charge in [-0.25, -0.2) is 9.59 Å². The molecule has 2 amide bonds. The molecular weight excluding hydrogens is 312 g/mol. The van der Waals surface area contributed by atoms with Gasteiger partial charge < -0.3 is 10.0 Å². The second-order valence-electron chi connectivity index (χ2n) is 4.26. The molecule has 0 aliphatic carbocycles. The maximum Gasteiger partial charge on any atom is 0.418 e. The second kappa shape index (κ2) is 4.15. The first-order chi connectivity index (χ1) is 9.29. The lowest BCUT2D eigenvalue weighted by molar-refractivity contribution is -0.142. The summed E-state index contributed by atoms with van der Waals surface area (Å²) >= 11 is 1.16. The molecule has 0 saturated carbocycles. The van der Waals surface area contributed by atoms with Crippen LogP contribution in [0.2, 0.25) is 0 Å². The highest BCUT2D eigenvalue weighted by molar-refractivity contribution is 7.80. The number of carbonyl (C=O) groups excluding carboxylic acids is 1. The van der Waals surface area contributed by atoms with Gasteiger partial charge in [0, 0.05) is 4.88 Å². The fraction of sp³-hybridized carbons (Fsp3) is 0.333. The lowest BCUT2D eigenvalue weighted by Gasteiger charge is -2.27. The lowest BCUT2D eigenvalue weighted by Crippen LogP contribution is -2.38. The molecule has 108 valence electrons. The summed E-state index contributed by atoms with van der Waals surface area (Å²) in [5.41, 5.74) is 0.508. The number of fused-ring (bicyclic) bond motifs is 4. The molecule has 0 radical (unpaired) electrons. The Morgan fingerprint density at radius 1 is 1.50 bits per heavy atom. The minimum atomic E-state index is -4.87. The Morgan fingerprint density at radius 2 is 2.20 bits per heavy atom. The molecule has 20 heavy (non-hydrogen) atoms. The Hall–Kier alpha value is -1.69. The number of thiophene rings is 1. The van der Waals surface area contributed by atoms with Crippen molar-refractivity contribution in [3.63, 3.8) is 0 Å². The maximum atomic E-state index is 12.0. The highest BCUT2D eigenvalue weighted by atomic mass is 32.3. The highest BCUT2D eigenvalue weighted by Gasteiger charge is 2.52. The van der Waals surface area contributed by atoms with E-state index in [0.717, 1.165) is 16.2 Å². The summed E-state index contributed by atoms with van der Waals surface area (Å²) in [6.45, 7) is -0.0188. The summed E-state index contributed by atoms with van der Waals surface area (Å²) in [6.07, 6.45) is 0. The van der Waals surface area contributed by atoms with E-state index in [4.69, 9.17) is 4.55 Å². The summed E-state index contributed by atoms with van der Waals surface area (Å²) < 4.78 is 34.6. The van der Waals surface area contributed by atoms with E-state index in [1.165, 1.54) is 0 Å². The van der Waals surface area contributed by atoms with Crippen molar-refractivity contribution >= 4 is 33.7 Å². The standard InChI is InChI=1S/C9H8N2O7S2/c12-8(13)6-7-4(1-2-19-7)5-3-10(6)9(14)11(5)18-20(15,16)17/h1-2,5-6H,3H2,(H,12,13)(H,15,16,17)/t5-,6+/m1/s1. The number of hydroxylamine groups is 2. The molecular formula is C9H8N2O7S2. The number of nitrogens with zero attached hydrogens (tertiary/aromatic N) is 2. The molecule has 2 N–H and O–H groups in total. The number of aliphatic carboxylic acids is 1. The van der Waals surface area contributed by atoms with Crippen LogP contribution in [0.5, 0.6) is 0 Å². The number of carboxylic acid groups (broad SMARTS) is 1. The molecule has 1 aromatic heterocycles. The zero-order chi connectivity index (χ0) is 14.7. The van der Waals surface area contributed by atoms with Crippen LogP contribution in [0, 0.1) is 0 Å². The van der Waals surface area contributed by atoms with Gasteiger partial charge in [0.1, 0.15) is 6.04 Å². The van der Waals surface area contributed by atoms with Crippen LogP contribution in [0.1, 0.15) is 22.5 Å². The van der Waals surface area contributed by atoms with Crippen LogP contribution in [0.3, 0.4) is 0 Å². The number of amides is 2. The second-order valence-corrected chi connectivity index (χ2v) is 6.21. The first kappa shape index (κ1) is 13.3. The van der Waals surface area contributed by atoms with E-state index in [0.29, 0.717) is 15.5 Å². The Kier molecular flexibility index (Phi) is 2.76. The fourth-order valence-electron chi connectivity index (χ4n) is 2.44. The van der Waals surface area contributed by atoms with Gasteiger partial charge >= 0.3 is 22.4 Å². The van der Waals surface area contributed by atoms with Crippen molar-refractivity contribution in [1.82, 2.24) is 9.96 Å². The molecule has 0 unspecified atom stereocenters. The first-order valence-corrected chi connectivity index (χ1v) is 7.61. The largest absolute Gasteiger partial charge is 0.479 e. The van der Waals surface area contributed by atoms with E-state index in [9.17, 15) is 23.1 Å². The molecule has 2 atom stereocenters. The molecule has 11 heteroatoms. The number of rotatable bonds is 3. The predicted octanol–water partition coefficient (Wildman–Crippen LogP) is 0.401. The number of hydrogen-bond acceptors (Lipinski definition) is 6. The Labute approximate surface area is 116 Å². The lowest BCUT2D eigenvalue weighted by atomic mass is 10.00. The molecule has 1 aromatic rings. The van der Waals surface area contributed by atoms with Crippen LogP contribution < -0.4 is 0 Å². The summed E-state index contributed by atoms with van der Waals surface area (Å²) in [5, 5.41) is 11.4. The van der Waals surface area contributed by atoms with E-state index in [1.54, 1.807) is 11.4 Å². The molecule has 2 aliphatic heterocycles. The van der Waals surface area contributed by atoms with E-state index < -0.39 is 34.5 Å². The number of hydrogen-bond donors (Lipinski definition) is 2.